The minimum atomic E-state index is 0.0532. The SMILES string of the molecule is O=C1c2ccccc2Cc2cc(-c3ccc4c5c(nsc35)-c3ccccc3C4=O)ccc21. The van der Waals surface area contributed by atoms with E-state index in [1.165, 1.54) is 11.5 Å². The number of ketones is 2. The predicted molar refractivity (Wildman–Crippen MR) is 127 cm³/mol. The van der Waals surface area contributed by atoms with Crippen LogP contribution in [0.15, 0.2) is 78.9 Å². The van der Waals surface area contributed by atoms with Gasteiger partial charge in [0.2, 0.25) is 0 Å². The molecule has 4 aromatic carbocycles. The third-order valence-electron chi connectivity index (χ3n) is 6.60. The Bertz CT molecular complexity index is 1640. The van der Waals surface area contributed by atoms with Gasteiger partial charge in [0.25, 0.3) is 0 Å². The van der Waals surface area contributed by atoms with E-state index in [2.05, 4.69) is 6.07 Å². The summed E-state index contributed by atoms with van der Waals surface area (Å²) in [6.45, 7) is 0. The minimum Gasteiger partial charge on any atom is -0.289 e. The highest BCUT2D eigenvalue weighted by molar-refractivity contribution is 7.14. The molecule has 0 atom stereocenters. The summed E-state index contributed by atoms with van der Waals surface area (Å²) in [4.78, 5) is 26.1. The van der Waals surface area contributed by atoms with Crippen molar-refractivity contribution in [3.63, 3.8) is 0 Å². The average Bonchev–Trinajstić information content (AvgIpc) is 3.28. The first-order chi connectivity index (χ1) is 15.7. The second kappa shape index (κ2) is 6.31. The summed E-state index contributed by atoms with van der Waals surface area (Å²) in [6.07, 6.45) is 0.742. The van der Waals surface area contributed by atoms with Gasteiger partial charge in [0.05, 0.1) is 10.4 Å². The van der Waals surface area contributed by atoms with Crippen molar-refractivity contribution in [1.82, 2.24) is 4.37 Å². The summed E-state index contributed by atoms with van der Waals surface area (Å²) < 4.78 is 5.77. The van der Waals surface area contributed by atoms with Crippen molar-refractivity contribution >= 4 is 33.2 Å². The molecule has 0 unspecified atom stereocenters. The summed E-state index contributed by atoms with van der Waals surface area (Å²) in [5.41, 5.74) is 9.00. The van der Waals surface area contributed by atoms with Crippen molar-refractivity contribution in [3.05, 3.63) is 112 Å². The molecule has 7 rings (SSSR count). The van der Waals surface area contributed by atoms with E-state index in [-0.39, 0.29) is 11.6 Å². The third-order valence-corrected chi connectivity index (χ3v) is 7.48. The molecule has 1 aromatic heterocycles. The van der Waals surface area contributed by atoms with E-state index in [9.17, 15) is 9.59 Å². The van der Waals surface area contributed by atoms with Crippen LogP contribution >= 0.6 is 11.5 Å². The lowest BCUT2D eigenvalue weighted by Gasteiger charge is -2.20. The van der Waals surface area contributed by atoms with Crippen molar-refractivity contribution in [1.29, 1.82) is 0 Å². The van der Waals surface area contributed by atoms with E-state index >= 15 is 0 Å². The lowest BCUT2D eigenvalue weighted by atomic mass is 9.83. The maximum Gasteiger partial charge on any atom is 0.194 e. The van der Waals surface area contributed by atoms with Crippen LogP contribution in [0.5, 0.6) is 0 Å². The lowest BCUT2D eigenvalue weighted by Crippen LogP contribution is -2.14. The smallest absolute Gasteiger partial charge is 0.194 e. The Kier molecular flexibility index (Phi) is 3.50. The number of fused-ring (bicyclic) bond motifs is 4. The van der Waals surface area contributed by atoms with Gasteiger partial charge in [-0.2, -0.15) is 4.37 Å². The van der Waals surface area contributed by atoms with E-state index in [1.54, 1.807) is 0 Å². The fourth-order valence-electron chi connectivity index (χ4n) is 5.06. The Morgan fingerprint density at radius 2 is 1.28 bits per heavy atom. The van der Waals surface area contributed by atoms with E-state index in [0.717, 1.165) is 61.1 Å². The lowest BCUT2D eigenvalue weighted by molar-refractivity contribution is 0.102. The Labute approximate surface area is 188 Å². The van der Waals surface area contributed by atoms with Crippen LogP contribution < -0.4 is 0 Å². The molecule has 150 valence electrons. The van der Waals surface area contributed by atoms with Crippen LogP contribution in [0.25, 0.3) is 32.5 Å². The highest BCUT2D eigenvalue weighted by Crippen LogP contribution is 2.44. The second-order valence-corrected chi connectivity index (χ2v) is 9.08. The molecule has 0 fully saturated rings. The molecule has 0 saturated heterocycles. The molecule has 1 heterocycles. The van der Waals surface area contributed by atoms with Gasteiger partial charge in [0.1, 0.15) is 0 Å². The largest absolute Gasteiger partial charge is 0.289 e. The molecule has 3 nitrogen and oxygen atoms in total. The number of hydrogen-bond acceptors (Lipinski definition) is 4. The summed E-state index contributed by atoms with van der Waals surface area (Å²) in [6, 6.07) is 25.5. The number of benzene rings is 4. The van der Waals surface area contributed by atoms with E-state index in [4.69, 9.17) is 4.37 Å². The van der Waals surface area contributed by atoms with Gasteiger partial charge in [0, 0.05) is 38.8 Å². The fourth-order valence-corrected chi connectivity index (χ4v) is 6.01. The van der Waals surface area contributed by atoms with Crippen LogP contribution in [0.4, 0.5) is 0 Å². The van der Waals surface area contributed by atoms with Gasteiger partial charge in [-0.05, 0) is 40.7 Å². The number of carbonyl (C=O) groups is 2. The third kappa shape index (κ3) is 2.27. The maximum atomic E-state index is 13.1. The highest BCUT2D eigenvalue weighted by Gasteiger charge is 2.29. The van der Waals surface area contributed by atoms with Gasteiger partial charge in [0.15, 0.2) is 11.6 Å². The topological polar surface area (TPSA) is 47.0 Å². The molecule has 0 saturated carbocycles. The first kappa shape index (κ1) is 17.8. The molecule has 4 heteroatoms. The van der Waals surface area contributed by atoms with Crippen LogP contribution in [-0.4, -0.2) is 15.9 Å². The van der Waals surface area contributed by atoms with Gasteiger partial charge < -0.3 is 0 Å². The molecule has 0 aliphatic heterocycles. The van der Waals surface area contributed by atoms with Gasteiger partial charge in [-0.15, -0.1) is 0 Å². The van der Waals surface area contributed by atoms with Crippen LogP contribution in [0, 0.1) is 0 Å². The Morgan fingerprint density at radius 3 is 2.16 bits per heavy atom. The number of rotatable bonds is 1. The van der Waals surface area contributed by atoms with Crippen molar-refractivity contribution in [3.8, 4) is 22.4 Å². The minimum absolute atomic E-state index is 0.0532. The van der Waals surface area contributed by atoms with Crippen molar-refractivity contribution in [2.24, 2.45) is 0 Å². The zero-order valence-corrected chi connectivity index (χ0v) is 17.7. The van der Waals surface area contributed by atoms with Crippen molar-refractivity contribution in [2.45, 2.75) is 6.42 Å². The maximum absolute atomic E-state index is 13.1. The van der Waals surface area contributed by atoms with E-state index in [0.29, 0.717) is 11.1 Å². The summed E-state index contributed by atoms with van der Waals surface area (Å²) in [5, 5.41) is 0.940. The van der Waals surface area contributed by atoms with Crippen LogP contribution in [-0.2, 0) is 6.42 Å². The standard InChI is InChI=1S/C28H15NO2S/c30-26-18-6-2-1-5-15(18)13-17-14-16(9-10-19(17)26)20-11-12-23-24-25(29-32-28(20)24)21-7-3-4-8-22(21)27(23)31/h1-12,14H,13H2. The average molecular weight is 430 g/mol. The normalized spacial score (nSPS) is 13.6. The van der Waals surface area contributed by atoms with Gasteiger partial charge in [-0.3, -0.25) is 9.59 Å². The van der Waals surface area contributed by atoms with E-state index in [1.807, 2.05) is 72.8 Å². The van der Waals surface area contributed by atoms with Crippen molar-refractivity contribution in [2.75, 3.05) is 0 Å². The molecule has 2 aliphatic rings. The molecular formula is C28H15NO2S. The molecule has 0 bridgehead atoms. The van der Waals surface area contributed by atoms with Crippen LogP contribution in [0.1, 0.15) is 43.0 Å². The fraction of sp³-hybridized carbons (Fsp3) is 0.0357. The number of nitrogens with zero attached hydrogens (tertiary/aromatic N) is 1. The summed E-state index contributed by atoms with van der Waals surface area (Å²) in [5.74, 6) is 0.142. The highest BCUT2D eigenvalue weighted by atomic mass is 32.1. The molecule has 2 aliphatic carbocycles. The molecule has 0 amide bonds. The van der Waals surface area contributed by atoms with Crippen LogP contribution in [0.3, 0.4) is 0 Å². The summed E-state index contributed by atoms with van der Waals surface area (Å²) >= 11 is 1.44. The van der Waals surface area contributed by atoms with Gasteiger partial charge in [-0.25, -0.2) is 0 Å². The van der Waals surface area contributed by atoms with Crippen molar-refractivity contribution < 1.29 is 9.59 Å². The Balaban J connectivity index is 1.42. The molecule has 32 heavy (non-hydrogen) atoms. The summed E-state index contributed by atoms with van der Waals surface area (Å²) in [7, 11) is 0. The van der Waals surface area contributed by atoms with E-state index < -0.39 is 0 Å². The first-order valence-corrected chi connectivity index (χ1v) is 11.3. The van der Waals surface area contributed by atoms with Crippen LogP contribution in [0.2, 0.25) is 0 Å². The second-order valence-electron chi connectivity index (χ2n) is 8.31. The first-order valence-electron chi connectivity index (χ1n) is 10.5. The zero-order chi connectivity index (χ0) is 21.4. The number of carbonyl (C=O) groups excluding carboxylic acids is 2. The molecule has 0 radical (unpaired) electrons. The number of hydrogen-bond donors (Lipinski definition) is 0. The predicted octanol–water partition coefficient (Wildman–Crippen LogP) is 6.31. The van der Waals surface area contributed by atoms with Gasteiger partial charge in [-0.1, -0.05) is 72.8 Å². The Hall–Kier alpha value is -3.89. The molecule has 0 spiro atoms. The number of aromatic nitrogens is 1. The Morgan fingerprint density at radius 1 is 0.625 bits per heavy atom. The zero-order valence-electron chi connectivity index (χ0n) is 16.9. The molecular weight excluding hydrogens is 414 g/mol. The quantitative estimate of drug-likeness (QED) is 0.307. The monoisotopic (exact) mass is 429 g/mol. The van der Waals surface area contributed by atoms with Gasteiger partial charge >= 0.3 is 0 Å². The molecule has 0 N–H and O–H groups in total. The molecule has 5 aromatic rings.